The van der Waals surface area contributed by atoms with Crippen molar-refractivity contribution in [2.75, 3.05) is 13.2 Å². The Balaban J connectivity index is 2.06. The molecule has 0 amide bonds. The second-order valence-electron chi connectivity index (χ2n) is 4.69. The van der Waals surface area contributed by atoms with E-state index in [4.69, 9.17) is 5.73 Å². The van der Waals surface area contributed by atoms with Crippen LogP contribution in [0.25, 0.3) is 0 Å². The Morgan fingerprint density at radius 3 is 2.31 bits per heavy atom. The van der Waals surface area contributed by atoms with Crippen molar-refractivity contribution < 1.29 is 17.9 Å². The van der Waals surface area contributed by atoms with Crippen LogP contribution in [-0.4, -0.2) is 24.9 Å². The van der Waals surface area contributed by atoms with Gasteiger partial charge in [-0.15, -0.1) is 0 Å². The summed E-state index contributed by atoms with van der Waals surface area (Å²) in [6, 6.07) is 0. The molecule has 0 aromatic heterocycles. The third-order valence-electron chi connectivity index (χ3n) is 3.08. The number of halogens is 3. The smallest absolute Gasteiger partial charge is 0.372 e. The van der Waals surface area contributed by atoms with Crippen LogP contribution in [0.1, 0.15) is 44.9 Å². The highest BCUT2D eigenvalue weighted by atomic mass is 19.4. The Morgan fingerprint density at radius 2 is 1.75 bits per heavy atom. The van der Waals surface area contributed by atoms with Gasteiger partial charge in [-0.2, -0.15) is 13.2 Å². The SMILES string of the molecule is NC1(CCCOCC(F)(F)F)CCCCC1. The second kappa shape index (κ2) is 5.87. The van der Waals surface area contributed by atoms with Gasteiger partial charge in [0.1, 0.15) is 6.61 Å². The molecule has 1 aliphatic carbocycles. The Hall–Kier alpha value is -0.290. The van der Waals surface area contributed by atoms with E-state index in [9.17, 15) is 13.2 Å². The highest BCUT2D eigenvalue weighted by Crippen LogP contribution is 2.29. The number of ether oxygens (including phenoxy) is 1. The van der Waals surface area contributed by atoms with Crippen molar-refractivity contribution >= 4 is 0 Å². The van der Waals surface area contributed by atoms with E-state index >= 15 is 0 Å². The maximum absolute atomic E-state index is 11.8. The zero-order valence-corrected chi connectivity index (χ0v) is 9.48. The van der Waals surface area contributed by atoms with E-state index in [0.717, 1.165) is 32.1 Å². The molecule has 1 aliphatic rings. The average Bonchev–Trinajstić information content (AvgIpc) is 2.16. The van der Waals surface area contributed by atoms with Crippen molar-refractivity contribution in [3.8, 4) is 0 Å². The summed E-state index contributed by atoms with van der Waals surface area (Å²) < 4.78 is 39.8. The summed E-state index contributed by atoms with van der Waals surface area (Å²) in [7, 11) is 0. The first-order valence-corrected chi connectivity index (χ1v) is 5.85. The van der Waals surface area contributed by atoms with Gasteiger partial charge in [-0.25, -0.2) is 0 Å². The van der Waals surface area contributed by atoms with E-state index in [1.165, 1.54) is 6.42 Å². The summed E-state index contributed by atoms with van der Waals surface area (Å²) in [4.78, 5) is 0. The van der Waals surface area contributed by atoms with E-state index in [1.807, 2.05) is 0 Å². The van der Waals surface area contributed by atoms with Crippen LogP contribution < -0.4 is 5.73 Å². The summed E-state index contributed by atoms with van der Waals surface area (Å²) in [6.07, 6.45) is 2.66. The van der Waals surface area contributed by atoms with Gasteiger partial charge in [0.2, 0.25) is 0 Å². The van der Waals surface area contributed by atoms with Crippen LogP contribution in [0, 0.1) is 0 Å². The van der Waals surface area contributed by atoms with Gasteiger partial charge in [0.15, 0.2) is 0 Å². The largest absolute Gasteiger partial charge is 0.411 e. The minimum atomic E-state index is -4.22. The minimum Gasteiger partial charge on any atom is -0.372 e. The van der Waals surface area contributed by atoms with Gasteiger partial charge >= 0.3 is 6.18 Å². The lowest BCUT2D eigenvalue weighted by molar-refractivity contribution is -0.174. The summed E-state index contributed by atoms with van der Waals surface area (Å²) in [5, 5.41) is 0. The molecule has 2 N–H and O–H groups in total. The van der Waals surface area contributed by atoms with Crippen LogP contribution in [-0.2, 0) is 4.74 Å². The van der Waals surface area contributed by atoms with Crippen LogP contribution in [0.2, 0.25) is 0 Å². The van der Waals surface area contributed by atoms with Gasteiger partial charge in [-0.3, -0.25) is 0 Å². The predicted molar refractivity (Wildman–Crippen MR) is 56.1 cm³/mol. The van der Waals surface area contributed by atoms with E-state index in [0.29, 0.717) is 6.42 Å². The van der Waals surface area contributed by atoms with Gasteiger partial charge < -0.3 is 10.5 Å². The molecule has 2 nitrogen and oxygen atoms in total. The second-order valence-corrected chi connectivity index (χ2v) is 4.69. The lowest BCUT2D eigenvalue weighted by Gasteiger charge is -2.33. The molecule has 0 aliphatic heterocycles. The monoisotopic (exact) mass is 239 g/mol. The topological polar surface area (TPSA) is 35.2 Å². The highest BCUT2D eigenvalue weighted by molar-refractivity contribution is 4.86. The fourth-order valence-electron chi connectivity index (χ4n) is 2.22. The van der Waals surface area contributed by atoms with Gasteiger partial charge in [-0.05, 0) is 25.7 Å². The molecule has 0 spiro atoms. The summed E-state index contributed by atoms with van der Waals surface area (Å²) >= 11 is 0. The van der Waals surface area contributed by atoms with Gasteiger partial charge in [0, 0.05) is 12.1 Å². The van der Waals surface area contributed by atoms with Crippen molar-refractivity contribution in [1.82, 2.24) is 0 Å². The fraction of sp³-hybridized carbons (Fsp3) is 1.00. The summed E-state index contributed by atoms with van der Waals surface area (Å²) in [6.45, 7) is -0.997. The van der Waals surface area contributed by atoms with Crippen LogP contribution >= 0.6 is 0 Å². The van der Waals surface area contributed by atoms with Crippen LogP contribution in [0.4, 0.5) is 13.2 Å². The summed E-state index contributed by atoms with van der Waals surface area (Å²) in [5.74, 6) is 0. The number of alkyl halides is 3. The number of hydrogen-bond acceptors (Lipinski definition) is 2. The van der Waals surface area contributed by atoms with Crippen molar-refractivity contribution in [3.63, 3.8) is 0 Å². The molecule has 0 atom stereocenters. The molecule has 0 radical (unpaired) electrons. The molecule has 96 valence electrons. The fourth-order valence-corrected chi connectivity index (χ4v) is 2.22. The maximum Gasteiger partial charge on any atom is 0.411 e. The number of nitrogens with two attached hydrogens (primary N) is 1. The van der Waals surface area contributed by atoms with E-state index < -0.39 is 12.8 Å². The van der Waals surface area contributed by atoms with E-state index in [-0.39, 0.29) is 12.1 Å². The van der Waals surface area contributed by atoms with Crippen molar-refractivity contribution in [2.24, 2.45) is 5.73 Å². The quantitative estimate of drug-likeness (QED) is 0.748. The molecule has 0 heterocycles. The van der Waals surface area contributed by atoms with E-state index in [2.05, 4.69) is 4.74 Å². The number of rotatable bonds is 5. The normalized spacial score (nSPS) is 21.0. The van der Waals surface area contributed by atoms with Crippen molar-refractivity contribution in [1.29, 1.82) is 0 Å². The third-order valence-corrected chi connectivity index (χ3v) is 3.08. The Labute approximate surface area is 94.3 Å². The van der Waals surface area contributed by atoms with Gasteiger partial charge in [0.25, 0.3) is 0 Å². The standard InChI is InChI=1S/C11H20F3NO/c12-11(13,14)9-16-8-4-7-10(15)5-2-1-3-6-10/h1-9,15H2. The highest BCUT2D eigenvalue weighted by Gasteiger charge is 2.28. The van der Waals surface area contributed by atoms with Crippen LogP contribution in [0.15, 0.2) is 0 Å². The zero-order valence-electron chi connectivity index (χ0n) is 9.48. The van der Waals surface area contributed by atoms with Gasteiger partial charge in [0.05, 0.1) is 0 Å². The maximum atomic E-state index is 11.8. The number of hydrogen-bond donors (Lipinski definition) is 1. The molecular formula is C11H20F3NO. The van der Waals surface area contributed by atoms with E-state index in [1.54, 1.807) is 0 Å². The van der Waals surface area contributed by atoms with Crippen LogP contribution in [0.5, 0.6) is 0 Å². The Morgan fingerprint density at radius 1 is 1.12 bits per heavy atom. The van der Waals surface area contributed by atoms with Crippen molar-refractivity contribution in [3.05, 3.63) is 0 Å². The molecular weight excluding hydrogens is 219 g/mol. The first-order valence-electron chi connectivity index (χ1n) is 5.85. The minimum absolute atomic E-state index is 0.151. The molecule has 0 unspecified atom stereocenters. The molecule has 1 saturated carbocycles. The molecule has 1 fully saturated rings. The molecule has 0 saturated heterocycles. The first kappa shape index (κ1) is 13.8. The molecule has 0 aromatic carbocycles. The predicted octanol–water partition coefficient (Wildman–Crippen LogP) is 3.01. The molecule has 0 bridgehead atoms. The molecule has 0 aromatic rings. The lowest BCUT2D eigenvalue weighted by Crippen LogP contribution is -2.41. The molecule has 1 rings (SSSR count). The lowest BCUT2D eigenvalue weighted by atomic mass is 9.79. The Kier molecular flexibility index (Phi) is 5.05. The Bertz CT molecular complexity index is 200. The third kappa shape index (κ3) is 5.70. The first-order chi connectivity index (χ1) is 7.41. The van der Waals surface area contributed by atoms with Gasteiger partial charge in [-0.1, -0.05) is 19.3 Å². The van der Waals surface area contributed by atoms with Crippen LogP contribution in [0.3, 0.4) is 0 Å². The van der Waals surface area contributed by atoms with Crippen molar-refractivity contribution in [2.45, 2.75) is 56.7 Å². The molecule has 16 heavy (non-hydrogen) atoms. The average molecular weight is 239 g/mol. The summed E-state index contributed by atoms with van der Waals surface area (Å²) in [5.41, 5.74) is 6.00. The molecule has 5 heteroatoms. The zero-order chi connectivity index (χ0) is 12.1.